The van der Waals surface area contributed by atoms with E-state index in [-0.39, 0.29) is 0 Å². The van der Waals surface area contributed by atoms with Gasteiger partial charge in [-0.1, -0.05) is 5.16 Å². The molecule has 0 aliphatic carbocycles. The SMILES string of the molecule is Cc1cc(Nc2cnnc(NCCN(C)C)n2)no1. The van der Waals surface area contributed by atoms with Gasteiger partial charge in [0.25, 0.3) is 0 Å². The van der Waals surface area contributed by atoms with E-state index in [0.29, 0.717) is 17.6 Å². The molecule has 0 aromatic carbocycles. The second kappa shape index (κ2) is 6.10. The number of rotatable bonds is 6. The van der Waals surface area contributed by atoms with Crippen molar-refractivity contribution in [2.24, 2.45) is 0 Å². The Balaban J connectivity index is 1.95. The predicted octanol–water partition coefficient (Wildman–Crippen LogP) is 0.885. The first-order chi connectivity index (χ1) is 9.13. The molecule has 8 heteroatoms. The number of aryl methyl sites for hydroxylation is 1. The summed E-state index contributed by atoms with van der Waals surface area (Å²) in [6, 6.07) is 1.78. The average molecular weight is 263 g/mol. The Hall–Kier alpha value is -2.22. The standard InChI is InChI=1S/C11H17N7O/c1-8-6-9(17-19-8)14-10-7-13-16-11(15-10)12-4-5-18(2)3/h6-7H,4-5H2,1-3H3,(H2,12,14,15,16,17). The molecule has 0 spiro atoms. The average Bonchev–Trinajstić information content (AvgIpc) is 2.75. The van der Waals surface area contributed by atoms with Crippen molar-refractivity contribution < 1.29 is 4.52 Å². The van der Waals surface area contributed by atoms with Crippen LogP contribution in [0, 0.1) is 6.92 Å². The molecule has 2 aromatic rings. The summed E-state index contributed by atoms with van der Waals surface area (Å²) < 4.78 is 4.96. The Morgan fingerprint density at radius 2 is 2.16 bits per heavy atom. The Morgan fingerprint density at radius 1 is 1.32 bits per heavy atom. The second-order valence-electron chi connectivity index (χ2n) is 4.34. The van der Waals surface area contributed by atoms with Crippen LogP contribution in [0.5, 0.6) is 0 Å². The van der Waals surface area contributed by atoms with Gasteiger partial charge in [0.15, 0.2) is 11.6 Å². The van der Waals surface area contributed by atoms with E-state index in [1.165, 1.54) is 6.20 Å². The fourth-order valence-corrected chi connectivity index (χ4v) is 1.39. The number of anilines is 3. The highest BCUT2D eigenvalue weighted by atomic mass is 16.5. The van der Waals surface area contributed by atoms with E-state index in [2.05, 4.69) is 35.9 Å². The van der Waals surface area contributed by atoms with Crippen molar-refractivity contribution in [1.82, 2.24) is 25.2 Å². The summed E-state index contributed by atoms with van der Waals surface area (Å²) in [5.41, 5.74) is 0. The summed E-state index contributed by atoms with van der Waals surface area (Å²) >= 11 is 0. The van der Waals surface area contributed by atoms with Crippen LogP contribution >= 0.6 is 0 Å². The van der Waals surface area contributed by atoms with Gasteiger partial charge in [0, 0.05) is 19.2 Å². The van der Waals surface area contributed by atoms with E-state index in [1.54, 1.807) is 6.07 Å². The summed E-state index contributed by atoms with van der Waals surface area (Å²) in [6.45, 7) is 3.47. The van der Waals surface area contributed by atoms with Gasteiger partial charge in [-0.25, -0.2) is 0 Å². The zero-order chi connectivity index (χ0) is 13.7. The van der Waals surface area contributed by atoms with E-state index in [9.17, 15) is 0 Å². The van der Waals surface area contributed by atoms with E-state index in [4.69, 9.17) is 4.52 Å². The quantitative estimate of drug-likeness (QED) is 0.793. The van der Waals surface area contributed by atoms with Gasteiger partial charge in [-0.3, -0.25) is 0 Å². The molecule has 2 heterocycles. The second-order valence-corrected chi connectivity index (χ2v) is 4.34. The first kappa shape index (κ1) is 13.2. The summed E-state index contributed by atoms with van der Waals surface area (Å²) in [5.74, 6) is 2.37. The molecular weight excluding hydrogens is 246 g/mol. The topological polar surface area (TPSA) is 92.0 Å². The zero-order valence-corrected chi connectivity index (χ0v) is 11.2. The summed E-state index contributed by atoms with van der Waals surface area (Å²) in [7, 11) is 4.01. The van der Waals surface area contributed by atoms with Crippen LogP contribution in [0.15, 0.2) is 16.8 Å². The van der Waals surface area contributed by atoms with E-state index in [1.807, 2.05) is 21.0 Å². The molecule has 8 nitrogen and oxygen atoms in total. The molecule has 19 heavy (non-hydrogen) atoms. The van der Waals surface area contributed by atoms with Crippen LogP contribution in [0.3, 0.4) is 0 Å². The minimum Gasteiger partial charge on any atom is -0.360 e. The lowest BCUT2D eigenvalue weighted by molar-refractivity contribution is 0.400. The Morgan fingerprint density at radius 3 is 2.84 bits per heavy atom. The highest BCUT2D eigenvalue weighted by Crippen LogP contribution is 2.13. The van der Waals surface area contributed by atoms with E-state index >= 15 is 0 Å². The lowest BCUT2D eigenvalue weighted by Gasteiger charge is -2.10. The maximum absolute atomic E-state index is 4.96. The largest absolute Gasteiger partial charge is 0.360 e. The fourth-order valence-electron chi connectivity index (χ4n) is 1.39. The molecule has 0 bridgehead atoms. The summed E-state index contributed by atoms with van der Waals surface area (Å²) in [5, 5.41) is 17.7. The van der Waals surface area contributed by atoms with Gasteiger partial charge >= 0.3 is 0 Å². The molecule has 2 N–H and O–H groups in total. The van der Waals surface area contributed by atoms with Crippen LogP contribution < -0.4 is 10.6 Å². The predicted molar refractivity (Wildman–Crippen MR) is 71.4 cm³/mol. The van der Waals surface area contributed by atoms with Crippen LogP contribution in [0.25, 0.3) is 0 Å². The van der Waals surface area contributed by atoms with Crippen molar-refractivity contribution in [2.75, 3.05) is 37.8 Å². The first-order valence-electron chi connectivity index (χ1n) is 5.92. The molecule has 2 rings (SSSR count). The number of nitrogens with zero attached hydrogens (tertiary/aromatic N) is 5. The maximum Gasteiger partial charge on any atom is 0.244 e. The molecule has 0 radical (unpaired) electrons. The van der Waals surface area contributed by atoms with E-state index < -0.39 is 0 Å². The summed E-state index contributed by atoms with van der Waals surface area (Å²) in [6.07, 6.45) is 1.53. The van der Waals surface area contributed by atoms with Crippen LogP contribution in [0.2, 0.25) is 0 Å². The lowest BCUT2D eigenvalue weighted by Crippen LogP contribution is -2.21. The molecule has 0 aliphatic rings. The Labute approximate surface area is 111 Å². The molecule has 2 aromatic heterocycles. The molecule has 102 valence electrons. The van der Waals surface area contributed by atoms with Crippen molar-refractivity contribution in [2.45, 2.75) is 6.92 Å². The third-order valence-corrected chi connectivity index (χ3v) is 2.29. The molecule has 0 atom stereocenters. The van der Waals surface area contributed by atoms with Gasteiger partial charge in [-0.05, 0) is 21.0 Å². The molecule has 0 saturated heterocycles. The Kier molecular flexibility index (Phi) is 4.24. The van der Waals surface area contributed by atoms with Gasteiger partial charge in [-0.15, -0.1) is 5.10 Å². The smallest absolute Gasteiger partial charge is 0.244 e. The highest BCUT2D eigenvalue weighted by molar-refractivity contribution is 5.51. The summed E-state index contributed by atoms with van der Waals surface area (Å²) in [4.78, 5) is 6.35. The number of hydrogen-bond donors (Lipinski definition) is 2. The molecule has 0 amide bonds. The highest BCUT2D eigenvalue weighted by Gasteiger charge is 2.04. The van der Waals surface area contributed by atoms with Crippen LogP contribution in [-0.4, -0.2) is 52.4 Å². The van der Waals surface area contributed by atoms with Crippen LogP contribution in [-0.2, 0) is 0 Å². The van der Waals surface area contributed by atoms with E-state index in [0.717, 1.165) is 18.8 Å². The minimum atomic E-state index is 0.479. The monoisotopic (exact) mass is 263 g/mol. The van der Waals surface area contributed by atoms with Gasteiger partial charge in [-0.2, -0.15) is 10.1 Å². The van der Waals surface area contributed by atoms with Gasteiger partial charge < -0.3 is 20.1 Å². The van der Waals surface area contributed by atoms with Crippen LogP contribution in [0.1, 0.15) is 5.76 Å². The first-order valence-corrected chi connectivity index (χ1v) is 5.92. The van der Waals surface area contributed by atoms with Crippen LogP contribution in [0.4, 0.5) is 17.6 Å². The maximum atomic E-state index is 4.96. The third kappa shape index (κ3) is 4.18. The molecule has 0 aliphatic heterocycles. The number of hydrogen-bond acceptors (Lipinski definition) is 8. The fraction of sp³-hybridized carbons (Fsp3) is 0.455. The van der Waals surface area contributed by atoms with Gasteiger partial charge in [0.1, 0.15) is 5.76 Å². The molecular formula is C11H17N7O. The molecule has 0 saturated carbocycles. The lowest BCUT2D eigenvalue weighted by atomic mass is 10.5. The Bertz CT molecular complexity index is 525. The van der Waals surface area contributed by atoms with Crippen molar-refractivity contribution in [1.29, 1.82) is 0 Å². The molecule has 0 fully saturated rings. The van der Waals surface area contributed by atoms with Crippen molar-refractivity contribution in [3.63, 3.8) is 0 Å². The number of likely N-dealkylation sites (N-methyl/N-ethyl adjacent to an activating group) is 1. The van der Waals surface area contributed by atoms with Crippen molar-refractivity contribution in [3.8, 4) is 0 Å². The van der Waals surface area contributed by atoms with Gasteiger partial charge in [0.2, 0.25) is 5.95 Å². The van der Waals surface area contributed by atoms with Crippen molar-refractivity contribution in [3.05, 3.63) is 18.0 Å². The minimum absolute atomic E-state index is 0.479. The zero-order valence-electron chi connectivity index (χ0n) is 11.2. The number of aromatic nitrogens is 4. The van der Waals surface area contributed by atoms with Gasteiger partial charge in [0.05, 0.1) is 6.20 Å². The normalized spacial score (nSPS) is 10.7. The number of nitrogens with one attached hydrogen (secondary N) is 2. The third-order valence-electron chi connectivity index (χ3n) is 2.29. The molecule has 0 unspecified atom stereocenters. The van der Waals surface area contributed by atoms with Crippen molar-refractivity contribution >= 4 is 17.6 Å².